The fourth-order valence-corrected chi connectivity index (χ4v) is 2.90. The Morgan fingerprint density at radius 1 is 1.23 bits per heavy atom. The molecule has 5 heteroatoms. The molecule has 2 heterocycles. The maximum absolute atomic E-state index is 12.7. The standard InChI is InChI=1S/C17H18N2O3/c1-11(22-12(2)20)13-7-5-6-10-19-16(13)18-15-9-4-3-8-14(15)17(19)21/h3-4,8-9H,5-7,10H2,1-2H3/b13-11-. The Kier molecular flexibility index (Phi) is 3.79. The number of benzene rings is 1. The number of allylic oxidation sites excluding steroid dienone is 2. The van der Waals surface area contributed by atoms with E-state index in [-0.39, 0.29) is 11.5 Å². The van der Waals surface area contributed by atoms with E-state index in [9.17, 15) is 9.59 Å². The molecule has 0 aliphatic carbocycles. The third-order valence-electron chi connectivity index (χ3n) is 3.91. The number of hydrogen-bond donors (Lipinski definition) is 0. The minimum absolute atomic E-state index is 0.0318. The molecule has 0 saturated carbocycles. The van der Waals surface area contributed by atoms with Gasteiger partial charge in [-0.3, -0.25) is 14.2 Å². The van der Waals surface area contributed by atoms with Crippen molar-refractivity contribution in [3.05, 3.63) is 46.2 Å². The number of carbonyl (C=O) groups excluding carboxylic acids is 1. The van der Waals surface area contributed by atoms with Crippen LogP contribution in [0.1, 0.15) is 38.9 Å². The molecule has 1 aromatic heterocycles. The largest absolute Gasteiger partial charge is 0.431 e. The minimum atomic E-state index is -0.357. The van der Waals surface area contributed by atoms with E-state index in [4.69, 9.17) is 4.74 Å². The number of hydrogen-bond acceptors (Lipinski definition) is 4. The summed E-state index contributed by atoms with van der Waals surface area (Å²) >= 11 is 0. The smallest absolute Gasteiger partial charge is 0.307 e. The molecular weight excluding hydrogens is 280 g/mol. The Balaban J connectivity index is 2.29. The second kappa shape index (κ2) is 5.75. The number of para-hydroxylation sites is 1. The summed E-state index contributed by atoms with van der Waals surface area (Å²) < 4.78 is 6.95. The Hall–Kier alpha value is -2.43. The van der Waals surface area contributed by atoms with E-state index in [0.717, 1.165) is 24.8 Å². The molecule has 0 atom stereocenters. The van der Waals surface area contributed by atoms with E-state index in [1.807, 2.05) is 18.2 Å². The number of fused-ring (bicyclic) bond motifs is 2. The van der Waals surface area contributed by atoms with Gasteiger partial charge in [-0.15, -0.1) is 0 Å². The molecule has 0 unspecified atom stereocenters. The molecule has 0 saturated heterocycles. The van der Waals surface area contributed by atoms with Crippen molar-refractivity contribution < 1.29 is 9.53 Å². The predicted molar refractivity (Wildman–Crippen MR) is 84.2 cm³/mol. The average Bonchev–Trinajstić information content (AvgIpc) is 2.69. The third kappa shape index (κ3) is 2.54. The second-order valence-electron chi connectivity index (χ2n) is 5.49. The summed E-state index contributed by atoms with van der Waals surface area (Å²) in [4.78, 5) is 28.6. The highest BCUT2D eigenvalue weighted by molar-refractivity contribution is 5.80. The Bertz CT molecular complexity index is 833. The Morgan fingerprint density at radius 2 is 2.00 bits per heavy atom. The summed E-state index contributed by atoms with van der Waals surface area (Å²) in [6, 6.07) is 7.34. The molecular formula is C17H18N2O3. The van der Waals surface area contributed by atoms with E-state index in [1.54, 1.807) is 17.6 Å². The lowest BCUT2D eigenvalue weighted by molar-refractivity contribution is -0.136. The molecule has 3 rings (SSSR count). The zero-order chi connectivity index (χ0) is 15.7. The van der Waals surface area contributed by atoms with Gasteiger partial charge in [0.25, 0.3) is 5.56 Å². The van der Waals surface area contributed by atoms with Crippen LogP contribution in [0.4, 0.5) is 0 Å². The molecule has 0 bridgehead atoms. The zero-order valence-electron chi connectivity index (χ0n) is 12.8. The molecule has 0 amide bonds. The summed E-state index contributed by atoms with van der Waals surface area (Å²) in [7, 11) is 0. The number of ether oxygens (including phenoxy) is 1. The van der Waals surface area contributed by atoms with Crippen LogP contribution < -0.4 is 5.56 Å². The average molecular weight is 298 g/mol. The van der Waals surface area contributed by atoms with Gasteiger partial charge in [0.2, 0.25) is 0 Å². The lowest BCUT2D eigenvalue weighted by Crippen LogP contribution is -2.24. The quantitative estimate of drug-likeness (QED) is 0.600. The van der Waals surface area contributed by atoms with Gasteiger partial charge in [-0.2, -0.15) is 0 Å². The summed E-state index contributed by atoms with van der Waals surface area (Å²) in [6.07, 6.45) is 2.60. The molecule has 1 aliphatic rings. The molecule has 0 radical (unpaired) electrons. The molecule has 0 fully saturated rings. The van der Waals surface area contributed by atoms with Crippen molar-refractivity contribution in [2.75, 3.05) is 0 Å². The molecule has 0 N–H and O–H groups in total. The van der Waals surface area contributed by atoms with Gasteiger partial charge in [-0.1, -0.05) is 12.1 Å². The molecule has 114 valence electrons. The highest BCUT2D eigenvalue weighted by Crippen LogP contribution is 2.27. The van der Waals surface area contributed by atoms with Crippen LogP contribution in [-0.2, 0) is 16.1 Å². The summed E-state index contributed by atoms with van der Waals surface area (Å²) in [5.41, 5.74) is 1.49. The topological polar surface area (TPSA) is 61.2 Å². The van der Waals surface area contributed by atoms with Crippen molar-refractivity contribution >= 4 is 22.4 Å². The van der Waals surface area contributed by atoms with Crippen molar-refractivity contribution in [3.63, 3.8) is 0 Å². The minimum Gasteiger partial charge on any atom is -0.431 e. The maximum Gasteiger partial charge on any atom is 0.307 e. The number of esters is 1. The first-order valence-corrected chi connectivity index (χ1v) is 7.46. The zero-order valence-corrected chi connectivity index (χ0v) is 12.8. The van der Waals surface area contributed by atoms with Crippen LogP contribution in [-0.4, -0.2) is 15.5 Å². The second-order valence-corrected chi connectivity index (χ2v) is 5.49. The normalized spacial score (nSPS) is 16.8. The highest BCUT2D eigenvalue weighted by Gasteiger charge is 2.20. The highest BCUT2D eigenvalue weighted by atomic mass is 16.5. The number of rotatable bonds is 1. The molecule has 22 heavy (non-hydrogen) atoms. The molecule has 0 spiro atoms. The Labute approximate surface area is 128 Å². The summed E-state index contributed by atoms with van der Waals surface area (Å²) in [5, 5.41) is 0.623. The number of carbonyl (C=O) groups is 1. The van der Waals surface area contributed by atoms with Crippen molar-refractivity contribution in [1.29, 1.82) is 0 Å². The van der Waals surface area contributed by atoms with E-state index >= 15 is 0 Å². The SMILES string of the molecule is CC(=O)O/C(C)=C1/CCCCn2c1nc1ccccc1c2=O. The lowest BCUT2D eigenvalue weighted by Gasteiger charge is -2.14. The molecule has 5 nitrogen and oxygen atoms in total. The van der Waals surface area contributed by atoms with Crippen LogP contribution in [0.25, 0.3) is 16.5 Å². The molecule has 2 aromatic rings. The van der Waals surface area contributed by atoms with Gasteiger partial charge < -0.3 is 4.74 Å². The maximum atomic E-state index is 12.7. The summed E-state index contributed by atoms with van der Waals surface area (Å²) in [5.74, 6) is 0.800. The van der Waals surface area contributed by atoms with Crippen LogP contribution >= 0.6 is 0 Å². The van der Waals surface area contributed by atoms with Crippen molar-refractivity contribution in [2.24, 2.45) is 0 Å². The molecule has 1 aromatic carbocycles. The van der Waals surface area contributed by atoms with E-state index < -0.39 is 0 Å². The van der Waals surface area contributed by atoms with Crippen LogP contribution in [0.3, 0.4) is 0 Å². The van der Waals surface area contributed by atoms with Gasteiger partial charge >= 0.3 is 5.97 Å². The molecule has 1 aliphatic heterocycles. The van der Waals surface area contributed by atoms with Gasteiger partial charge in [0.15, 0.2) is 0 Å². The fraction of sp³-hybridized carbons (Fsp3) is 0.353. The van der Waals surface area contributed by atoms with Gasteiger partial charge in [-0.25, -0.2) is 4.98 Å². The summed E-state index contributed by atoms with van der Waals surface area (Å²) in [6.45, 7) is 3.78. The number of aromatic nitrogens is 2. The van der Waals surface area contributed by atoms with Crippen LogP contribution in [0.2, 0.25) is 0 Å². The van der Waals surface area contributed by atoms with Crippen molar-refractivity contribution in [2.45, 2.75) is 39.7 Å². The van der Waals surface area contributed by atoms with E-state index in [2.05, 4.69) is 4.98 Å². The van der Waals surface area contributed by atoms with E-state index in [1.165, 1.54) is 6.92 Å². The first-order valence-electron chi connectivity index (χ1n) is 7.46. The number of nitrogens with zero attached hydrogens (tertiary/aromatic N) is 2. The van der Waals surface area contributed by atoms with Crippen molar-refractivity contribution in [3.8, 4) is 0 Å². The van der Waals surface area contributed by atoms with E-state index in [0.29, 0.717) is 29.0 Å². The lowest BCUT2D eigenvalue weighted by atomic mass is 10.1. The monoisotopic (exact) mass is 298 g/mol. The predicted octanol–water partition coefficient (Wildman–Crippen LogP) is 2.87. The first kappa shape index (κ1) is 14.5. The van der Waals surface area contributed by atoms with Crippen LogP contribution in [0.5, 0.6) is 0 Å². The van der Waals surface area contributed by atoms with Gasteiger partial charge in [0.1, 0.15) is 11.6 Å². The van der Waals surface area contributed by atoms with Crippen molar-refractivity contribution in [1.82, 2.24) is 9.55 Å². The van der Waals surface area contributed by atoms with Crippen LogP contribution in [0, 0.1) is 0 Å². The Morgan fingerprint density at radius 3 is 2.77 bits per heavy atom. The third-order valence-corrected chi connectivity index (χ3v) is 3.91. The van der Waals surface area contributed by atoms with Gasteiger partial charge in [-0.05, 0) is 38.3 Å². The van der Waals surface area contributed by atoms with Gasteiger partial charge in [0, 0.05) is 19.0 Å². The fourth-order valence-electron chi connectivity index (χ4n) is 2.90. The van der Waals surface area contributed by atoms with Gasteiger partial charge in [0.05, 0.1) is 10.9 Å². The van der Waals surface area contributed by atoms with Crippen LogP contribution in [0.15, 0.2) is 34.8 Å². The first-order chi connectivity index (χ1) is 10.6.